The number of nitrogens with zero attached hydrogens (tertiary/aromatic N) is 4. The number of aryl methyl sites for hydroxylation is 2. The third kappa shape index (κ3) is 5.24. The highest BCUT2D eigenvalue weighted by molar-refractivity contribution is 5.81. The van der Waals surface area contributed by atoms with E-state index in [1.807, 2.05) is 29.9 Å². The summed E-state index contributed by atoms with van der Waals surface area (Å²) in [6, 6.07) is 4.06. The van der Waals surface area contributed by atoms with Crippen molar-refractivity contribution in [3.05, 3.63) is 35.3 Å². The van der Waals surface area contributed by atoms with E-state index in [2.05, 4.69) is 46.5 Å². The zero-order valence-electron chi connectivity index (χ0n) is 20.4. The molecule has 0 spiro atoms. The summed E-state index contributed by atoms with van der Waals surface area (Å²) < 4.78 is 7.58. The van der Waals surface area contributed by atoms with Gasteiger partial charge in [-0.3, -0.25) is 0 Å². The van der Waals surface area contributed by atoms with Crippen LogP contribution in [-0.4, -0.2) is 38.3 Å². The lowest BCUT2D eigenvalue weighted by molar-refractivity contribution is 0.263. The molecule has 31 heavy (non-hydrogen) atoms. The number of aromatic nitrogens is 4. The first kappa shape index (κ1) is 24.8. The molecule has 0 radical (unpaired) electrons. The van der Waals surface area contributed by atoms with Crippen LogP contribution in [-0.2, 0) is 13.5 Å². The van der Waals surface area contributed by atoms with Gasteiger partial charge in [0.1, 0.15) is 5.52 Å². The van der Waals surface area contributed by atoms with Gasteiger partial charge in [0.05, 0.1) is 30.7 Å². The Morgan fingerprint density at radius 1 is 1.06 bits per heavy atom. The lowest BCUT2D eigenvalue weighted by atomic mass is 9.99. The molecule has 0 aliphatic carbocycles. The Labute approximate surface area is 186 Å². The average molecular weight is 427 g/mol. The van der Waals surface area contributed by atoms with Gasteiger partial charge in [-0.2, -0.15) is 0 Å². The number of aliphatic hydroxyl groups is 1. The van der Waals surface area contributed by atoms with Crippen molar-refractivity contribution >= 4 is 11.2 Å². The predicted octanol–water partition coefficient (Wildman–Crippen LogP) is 5.63. The summed E-state index contributed by atoms with van der Waals surface area (Å²) in [6.07, 6.45) is 4.89. The van der Waals surface area contributed by atoms with Gasteiger partial charge < -0.3 is 14.4 Å². The van der Waals surface area contributed by atoms with Gasteiger partial charge in [-0.15, -0.1) is 0 Å². The summed E-state index contributed by atoms with van der Waals surface area (Å²) in [7, 11) is 3.61. The third-order valence-electron chi connectivity index (χ3n) is 5.30. The molecule has 0 amide bonds. The fourth-order valence-corrected chi connectivity index (χ4v) is 3.55. The van der Waals surface area contributed by atoms with Crippen LogP contribution in [0.2, 0.25) is 0 Å². The van der Waals surface area contributed by atoms with E-state index in [1.165, 1.54) is 6.42 Å². The van der Waals surface area contributed by atoms with Gasteiger partial charge in [0.15, 0.2) is 5.65 Å². The van der Waals surface area contributed by atoms with E-state index in [4.69, 9.17) is 14.7 Å². The minimum absolute atomic E-state index is 0.0649. The molecule has 0 unspecified atom stereocenters. The van der Waals surface area contributed by atoms with E-state index < -0.39 is 0 Å². The maximum absolute atomic E-state index is 9.76. The summed E-state index contributed by atoms with van der Waals surface area (Å²) >= 11 is 0. The highest BCUT2D eigenvalue weighted by atomic mass is 16.5. The van der Waals surface area contributed by atoms with Crippen LogP contribution in [0.1, 0.15) is 83.2 Å². The van der Waals surface area contributed by atoms with E-state index >= 15 is 0 Å². The first-order valence-corrected chi connectivity index (χ1v) is 11.4. The van der Waals surface area contributed by atoms with E-state index in [0.29, 0.717) is 11.8 Å². The summed E-state index contributed by atoms with van der Waals surface area (Å²) in [4.78, 5) is 14.6. The number of ether oxygens (including phenoxy) is 1. The van der Waals surface area contributed by atoms with Crippen molar-refractivity contribution in [3.63, 3.8) is 0 Å². The monoisotopic (exact) mass is 426 g/mol. The van der Waals surface area contributed by atoms with E-state index in [-0.39, 0.29) is 12.5 Å². The van der Waals surface area contributed by atoms with Crippen molar-refractivity contribution in [2.24, 2.45) is 7.05 Å². The maximum Gasteiger partial charge on any atom is 0.222 e. The van der Waals surface area contributed by atoms with Crippen molar-refractivity contribution in [1.82, 2.24) is 19.5 Å². The zero-order valence-corrected chi connectivity index (χ0v) is 20.4. The SMILES string of the molecule is CCC.CCc1nc2c([C@@H](CC)CO)cn(C)c2nc1-c1ccc(C(C)C)nc1OC. The Morgan fingerprint density at radius 3 is 2.26 bits per heavy atom. The first-order valence-electron chi connectivity index (χ1n) is 11.4. The topological polar surface area (TPSA) is 73.1 Å². The summed E-state index contributed by atoms with van der Waals surface area (Å²) in [5, 5.41) is 9.76. The standard InChI is InChI=1S/C22H30N4O2.C3H8/c1-7-14(12-27)16-11-26(5)21-20(16)23-17(8-2)19(25-21)15-9-10-18(13(3)4)24-22(15)28-6;1-3-2/h9-11,13-14,27H,7-8,12H2,1-6H3;3H2,1-2H3/t14-;/m0./s1. The predicted molar refractivity (Wildman–Crippen MR) is 128 cm³/mol. The number of aliphatic hydroxyl groups excluding tert-OH is 1. The Kier molecular flexibility index (Phi) is 8.99. The van der Waals surface area contributed by atoms with Crippen LogP contribution in [0.25, 0.3) is 22.4 Å². The van der Waals surface area contributed by atoms with E-state index in [9.17, 15) is 5.11 Å². The lowest BCUT2D eigenvalue weighted by Gasteiger charge is -2.14. The normalized spacial score (nSPS) is 12.1. The van der Waals surface area contributed by atoms with E-state index in [1.54, 1.807) is 7.11 Å². The molecular formula is C25H38N4O2. The summed E-state index contributed by atoms with van der Waals surface area (Å²) in [5.41, 5.74) is 6.29. The van der Waals surface area contributed by atoms with Gasteiger partial charge in [0, 0.05) is 30.4 Å². The fraction of sp³-hybridized carbons (Fsp3) is 0.560. The van der Waals surface area contributed by atoms with Crippen molar-refractivity contribution in [3.8, 4) is 17.1 Å². The second-order valence-electron chi connectivity index (χ2n) is 8.18. The van der Waals surface area contributed by atoms with Crippen LogP contribution in [0.5, 0.6) is 5.88 Å². The fourth-order valence-electron chi connectivity index (χ4n) is 3.55. The molecule has 0 bridgehead atoms. The van der Waals surface area contributed by atoms with Gasteiger partial charge in [0.25, 0.3) is 0 Å². The lowest BCUT2D eigenvalue weighted by Crippen LogP contribution is -2.05. The third-order valence-corrected chi connectivity index (χ3v) is 5.30. The van der Waals surface area contributed by atoms with Crippen LogP contribution < -0.4 is 4.74 Å². The second-order valence-corrected chi connectivity index (χ2v) is 8.18. The number of methoxy groups -OCH3 is 1. The van der Waals surface area contributed by atoms with Gasteiger partial charge in [-0.25, -0.2) is 15.0 Å². The first-order chi connectivity index (χ1) is 14.9. The van der Waals surface area contributed by atoms with Gasteiger partial charge in [-0.05, 0) is 30.9 Å². The van der Waals surface area contributed by atoms with Crippen LogP contribution >= 0.6 is 0 Å². The van der Waals surface area contributed by atoms with Crippen molar-refractivity contribution < 1.29 is 9.84 Å². The number of pyridine rings is 1. The number of fused-ring (bicyclic) bond motifs is 1. The average Bonchev–Trinajstić information content (AvgIpc) is 3.09. The smallest absolute Gasteiger partial charge is 0.222 e. The molecule has 1 atom stereocenters. The van der Waals surface area contributed by atoms with Crippen LogP contribution in [0.3, 0.4) is 0 Å². The second kappa shape index (κ2) is 11.2. The zero-order chi connectivity index (χ0) is 23.1. The molecule has 3 rings (SSSR count). The quantitative estimate of drug-likeness (QED) is 0.530. The van der Waals surface area contributed by atoms with Crippen LogP contribution in [0.15, 0.2) is 18.3 Å². The van der Waals surface area contributed by atoms with Crippen LogP contribution in [0.4, 0.5) is 0 Å². The van der Waals surface area contributed by atoms with Gasteiger partial charge in [0.2, 0.25) is 5.88 Å². The van der Waals surface area contributed by atoms with E-state index in [0.717, 1.165) is 52.2 Å². The maximum atomic E-state index is 9.76. The van der Waals surface area contributed by atoms with Crippen LogP contribution in [0, 0.1) is 0 Å². The minimum atomic E-state index is 0.0649. The number of rotatable bonds is 7. The van der Waals surface area contributed by atoms with Crippen molar-refractivity contribution in [1.29, 1.82) is 0 Å². The van der Waals surface area contributed by atoms with Gasteiger partial charge in [-0.1, -0.05) is 48.0 Å². The molecule has 3 aromatic heterocycles. The molecule has 0 aromatic carbocycles. The largest absolute Gasteiger partial charge is 0.480 e. The number of hydrogen-bond donors (Lipinski definition) is 1. The molecule has 0 saturated carbocycles. The molecule has 6 heteroatoms. The Morgan fingerprint density at radius 2 is 1.74 bits per heavy atom. The molecule has 170 valence electrons. The molecule has 6 nitrogen and oxygen atoms in total. The van der Waals surface area contributed by atoms with Crippen molar-refractivity contribution in [2.45, 2.75) is 72.6 Å². The molecule has 0 aliphatic rings. The number of hydrogen-bond acceptors (Lipinski definition) is 5. The molecular weight excluding hydrogens is 388 g/mol. The molecule has 1 N–H and O–H groups in total. The Bertz CT molecular complexity index is 991. The molecule has 0 aliphatic heterocycles. The molecule has 3 aromatic rings. The Hall–Kier alpha value is -2.47. The summed E-state index contributed by atoms with van der Waals surface area (Å²) in [6.45, 7) is 12.7. The minimum Gasteiger partial charge on any atom is -0.480 e. The molecule has 0 saturated heterocycles. The van der Waals surface area contributed by atoms with Gasteiger partial charge >= 0.3 is 0 Å². The Balaban J connectivity index is 0.00000107. The summed E-state index contributed by atoms with van der Waals surface area (Å²) in [5.74, 6) is 0.961. The highest BCUT2D eigenvalue weighted by Crippen LogP contribution is 2.34. The molecule has 3 heterocycles. The molecule has 0 fully saturated rings. The van der Waals surface area contributed by atoms with Crippen molar-refractivity contribution in [2.75, 3.05) is 13.7 Å². The highest BCUT2D eigenvalue weighted by Gasteiger charge is 2.22.